The molecule has 0 aliphatic heterocycles. The summed E-state index contributed by atoms with van der Waals surface area (Å²) in [4.78, 5) is 26.7. The number of hydrogen-bond acceptors (Lipinski definition) is 3. The lowest BCUT2D eigenvalue weighted by atomic mass is 10.3. The summed E-state index contributed by atoms with van der Waals surface area (Å²) >= 11 is 1.41. The molecule has 1 aromatic carbocycles. The molecule has 0 bridgehead atoms. The standard InChI is InChI=1S/C17H17N3O2S/c1-11-9-10-14(23-11)16(21)18-15-12(2)19(3)20(17(15)22)13-7-5-4-6-8-13/h4-10H,1-3H3,(H,18,21). The maximum Gasteiger partial charge on any atom is 0.295 e. The van der Waals surface area contributed by atoms with Gasteiger partial charge in [-0.1, -0.05) is 18.2 Å². The maximum absolute atomic E-state index is 12.7. The van der Waals surface area contributed by atoms with Crippen LogP contribution in [0.5, 0.6) is 0 Å². The molecule has 23 heavy (non-hydrogen) atoms. The van der Waals surface area contributed by atoms with Crippen LogP contribution in [0.2, 0.25) is 0 Å². The molecule has 3 rings (SSSR count). The Labute approximate surface area is 137 Å². The fraction of sp³-hybridized carbons (Fsp3) is 0.176. The van der Waals surface area contributed by atoms with Gasteiger partial charge in [-0.3, -0.25) is 14.3 Å². The van der Waals surface area contributed by atoms with Crippen molar-refractivity contribution in [2.24, 2.45) is 7.05 Å². The molecule has 5 nitrogen and oxygen atoms in total. The fourth-order valence-electron chi connectivity index (χ4n) is 2.44. The zero-order chi connectivity index (χ0) is 16.6. The van der Waals surface area contributed by atoms with Crippen LogP contribution in [0, 0.1) is 13.8 Å². The molecular weight excluding hydrogens is 310 g/mol. The molecule has 0 fully saturated rings. The molecule has 2 aromatic heterocycles. The lowest BCUT2D eigenvalue weighted by molar-refractivity contribution is 0.103. The molecule has 0 saturated carbocycles. The minimum absolute atomic E-state index is 0.238. The average molecular weight is 327 g/mol. The molecule has 1 amide bonds. The molecule has 0 saturated heterocycles. The van der Waals surface area contributed by atoms with Crippen molar-refractivity contribution >= 4 is 22.9 Å². The van der Waals surface area contributed by atoms with Crippen molar-refractivity contribution in [2.45, 2.75) is 13.8 Å². The number of carbonyl (C=O) groups is 1. The first-order valence-electron chi connectivity index (χ1n) is 7.21. The van der Waals surface area contributed by atoms with Gasteiger partial charge in [0.25, 0.3) is 11.5 Å². The summed E-state index contributed by atoms with van der Waals surface area (Å²) < 4.78 is 3.29. The predicted octanol–water partition coefficient (Wildman–Crippen LogP) is 3.11. The Morgan fingerprint density at radius 1 is 1.09 bits per heavy atom. The lowest BCUT2D eigenvalue weighted by Gasteiger charge is -2.07. The van der Waals surface area contributed by atoms with Crippen LogP contribution in [0.25, 0.3) is 5.69 Å². The summed E-state index contributed by atoms with van der Waals surface area (Å²) in [6, 6.07) is 13.0. The van der Waals surface area contributed by atoms with Crippen LogP contribution in [0.1, 0.15) is 20.2 Å². The van der Waals surface area contributed by atoms with Gasteiger partial charge in [-0.15, -0.1) is 11.3 Å². The molecule has 0 aliphatic carbocycles. The second kappa shape index (κ2) is 5.89. The topological polar surface area (TPSA) is 56.0 Å². The number of carbonyl (C=O) groups excluding carboxylic acids is 1. The average Bonchev–Trinajstić information content (AvgIpc) is 3.06. The first-order chi connectivity index (χ1) is 11.0. The molecular formula is C17H17N3O2S. The van der Waals surface area contributed by atoms with E-state index in [1.54, 1.807) is 22.5 Å². The van der Waals surface area contributed by atoms with Gasteiger partial charge in [0.15, 0.2) is 0 Å². The smallest absolute Gasteiger partial charge is 0.295 e. The van der Waals surface area contributed by atoms with E-state index in [1.807, 2.05) is 50.2 Å². The Morgan fingerprint density at radius 3 is 2.39 bits per heavy atom. The van der Waals surface area contributed by atoms with Crippen LogP contribution in [0.3, 0.4) is 0 Å². The highest BCUT2D eigenvalue weighted by atomic mass is 32.1. The summed E-state index contributed by atoms with van der Waals surface area (Å²) in [7, 11) is 1.80. The fourth-order valence-corrected chi connectivity index (χ4v) is 3.21. The Hall–Kier alpha value is -2.60. The van der Waals surface area contributed by atoms with E-state index in [4.69, 9.17) is 0 Å². The van der Waals surface area contributed by atoms with E-state index in [2.05, 4.69) is 5.32 Å². The van der Waals surface area contributed by atoms with Gasteiger partial charge in [-0.05, 0) is 38.1 Å². The predicted molar refractivity (Wildman–Crippen MR) is 92.8 cm³/mol. The summed E-state index contributed by atoms with van der Waals surface area (Å²) in [6.07, 6.45) is 0. The first-order valence-corrected chi connectivity index (χ1v) is 8.02. The minimum Gasteiger partial charge on any atom is -0.315 e. The van der Waals surface area contributed by atoms with E-state index in [0.29, 0.717) is 16.3 Å². The van der Waals surface area contributed by atoms with Crippen molar-refractivity contribution in [3.63, 3.8) is 0 Å². The highest BCUT2D eigenvalue weighted by Crippen LogP contribution is 2.18. The molecule has 0 radical (unpaired) electrons. The molecule has 0 atom stereocenters. The number of amides is 1. The molecule has 118 valence electrons. The molecule has 0 unspecified atom stereocenters. The normalized spacial score (nSPS) is 10.7. The molecule has 2 heterocycles. The van der Waals surface area contributed by atoms with Gasteiger partial charge in [0.05, 0.1) is 16.3 Å². The Kier molecular flexibility index (Phi) is 3.92. The first kappa shape index (κ1) is 15.3. The number of hydrogen-bond donors (Lipinski definition) is 1. The van der Waals surface area contributed by atoms with Crippen molar-refractivity contribution in [3.8, 4) is 5.69 Å². The van der Waals surface area contributed by atoms with Gasteiger partial charge in [0.1, 0.15) is 5.69 Å². The number of rotatable bonds is 3. The third-order valence-corrected chi connectivity index (χ3v) is 4.76. The monoisotopic (exact) mass is 327 g/mol. The number of benzene rings is 1. The van der Waals surface area contributed by atoms with Gasteiger partial charge < -0.3 is 5.32 Å². The van der Waals surface area contributed by atoms with E-state index >= 15 is 0 Å². The number of aryl methyl sites for hydroxylation is 1. The molecule has 0 spiro atoms. The second-order valence-corrected chi connectivity index (χ2v) is 6.59. The van der Waals surface area contributed by atoms with Crippen molar-refractivity contribution in [1.82, 2.24) is 9.36 Å². The third-order valence-electron chi connectivity index (χ3n) is 3.76. The van der Waals surface area contributed by atoms with Crippen molar-refractivity contribution in [2.75, 3.05) is 5.32 Å². The van der Waals surface area contributed by atoms with Gasteiger partial charge in [-0.25, -0.2) is 4.68 Å². The van der Waals surface area contributed by atoms with Crippen LogP contribution in [0.15, 0.2) is 47.3 Å². The Bertz CT molecular complexity index is 919. The van der Waals surface area contributed by atoms with E-state index < -0.39 is 0 Å². The number of anilines is 1. The number of nitrogens with zero attached hydrogens (tertiary/aromatic N) is 2. The number of aromatic nitrogens is 2. The van der Waals surface area contributed by atoms with Crippen molar-refractivity contribution < 1.29 is 4.79 Å². The molecule has 0 aliphatic rings. The van der Waals surface area contributed by atoms with E-state index in [0.717, 1.165) is 10.6 Å². The lowest BCUT2D eigenvalue weighted by Crippen LogP contribution is -2.22. The quantitative estimate of drug-likeness (QED) is 0.803. The Balaban J connectivity index is 2.01. The number of nitrogens with one attached hydrogen (secondary N) is 1. The van der Waals surface area contributed by atoms with E-state index in [9.17, 15) is 9.59 Å². The summed E-state index contributed by atoms with van der Waals surface area (Å²) in [5.74, 6) is -0.255. The largest absolute Gasteiger partial charge is 0.315 e. The SMILES string of the molecule is Cc1ccc(C(=O)Nc2c(C)n(C)n(-c3ccccc3)c2=O)s1. The van der Waals surface area contributed by atoms with Crippen molar-refractivity contribution in [1.29, 1.82) is 0 Å². The van der Waals surface area contributed by atoms with Crippen LogP contribution >= 0.6 is 11.3 Å². The highest BCUT2D eigenvalue weighted by Gasteiger charge is 2.19. The number of thiophene rings is 1. The van der Waals surface area contributed by atoms with E-state index in [-0.39, 0.29) is 11.5 Å². The summed E-state index contributed by atoms with van der Waals surface area (Å²) in [6.45, 7) is 3.76. The number of para-hydroxylation sites is 1. The van der Waals surface area contributed by atoms with Crippen LogP contribution in [-0.4, -0.2) is 15.3 Å². The zero-order valence-corrected chi connectivity index (χ0v) is 14.0. The van der Waals surface area contributed by atoms with Crippen molar-refractivity contribution in [3.05, 3.63) is 68.3 Å². The van der Waals surface area contributed by atoms with Crippen LogP contribution in [-0.2, 0) is 7.05 Å². The van der Waals surface area contributed by atoms with Crippen LogP contribution in [0.4, 0.5) is 5.69 Å². The van der Waals surface area contributed by atoms with Crippen LogP contribution < -0.4 is 10.9 Å². The molecule has 3 aromatic rings. The Morgan fingerprint density at radius 2 is 1.78 bits per heavy atom. The zero-order valence-electron chi connectivity index (χ0n) is 13.2. The van der Waals surface area contributed by atoms with Gasteiger partial charge in [0, 0.05) is 11.9 Å². The summed E-state index contributed by atoms with van der Waals surface area (Å²) in [5, 5.41) is 2.76. The molecule has 1 N–H and O–H groups in total. The summed E-state index contributed by atoms with van der Waals surface area (Å²) in [5.41, 5.74) is 1.54. The van der Waals surface area contributed by atoms with Gasteiger partial charge in [-0.2, -0.15) is 0 Å². The van der Waals surface area contributed by atoms with E-state index in [1.165, 1.54) is 11.3 Å². The highest BCUT2D eigenvalue weighted by molar-refractivity contribution is 7.14. The maximum atomic E-state index is 12.7. The minimum atomic E-state index is -0.255. The molecule has 6 heteroatoms. The van der Waals surface area contributed by atoms with Gasteiger partial charge in [0.2, 0.25) is 0 Å². The third kappa shape index (κ3) is 2.73. The second-order valence-electron chi connectivity index (χ2n) is 5.30. The van der Waals surface area contributed by atoms with Gasteiger partial charge >= 0.3 is 0 Å².